The summed E-state index contributed by atoms with van der Waals surface area (Å²) in [6, 6.07) is -0.594. The number of rotatable bonds is 7. The van der Waals surface area contributed by atoms with Gasteiger partial charge in [0, 0.05) is 48.8 Å². The standard InChI is InChI=1S/C6H11NO3.C4H7ClO.C2H5NO2.2CH4/c1-5(7(9)10)3-4-6(2)8;1-4(6)2-3-5;1-2-3(4)5;;/h5H,3-4H2,1-2H3;2-3H2,1H3;2H2,1H3;2*1H4. The number of alkyl halides is 1. The highest BCUT2D eigenvalue weighted by Gasteiger charge is 2.12. The van der Waals surface area contributed by atoms with E-state index >= 15 is 0 Å². The summed E-state index contributed by atoms with van der Waals surface area (Å²) in [6.07, 6.45) is 1.16. The molecule has 0 aliphatic carbocycles. The van der Waals surface area contributed by atoms with E-state index in [2.05, 4.69) is 0 Å². The smallest absolute Gasteiger partial charge is 0.210 e. The summed E-state index contributed by atoms with van der Waals surface area (Å²) in [5.41, 5.74) is 0. The number of carbonyl (C=O) groups excluding carboxylic acids is 2. The van der Waals surface area contributed by atoms with Crippen molar-refractivity contribution in [2.45, 2.75) is 67.9 Å². The lowest BCUT2D eigenvalue weighted by Crippen LogP contribution is -2.15. The third-order valence-electron chi connectivity index (χ3n) is 1.98. The summed E-state index contributed by atoms with van der Waals surface area (Å²) in [5, 5.41) is 19.2. The summed E-state index contributed by atoms with van der Waals surface area (Å²) in [5.74, 6) is 0.619. The summed E-state index contributed by atoms with van der Waals surface area (Å²) in [6.45, 7) is 6.00. The van der Waals surface area contributed by atoms with Crippen molar-refractivity contribution in [2.75, 3.05) is 12.4 Å². The van der Waals surface area contributed by atoms with Crippen LogP contribution in [0.1, 0.15) is 61.8 Å². The third-order valence-corrected chi connectivity index (χ3v) is 2.17. The maximum Gasteiger partial charge on any atom is 0.210 e. The maximum absolute atomic E-state index is 10.3. The van der Waals surface area contributed by atoms with Crippen molar-refractivity contribution in [1.29, 1.82) is 0 Å². The average molecular weight is 359 g/mol. The fourth-order valence-electron chi connectivity index (χ4n) is 0.651. The van der Waals surface area contributed by atoms with Gasteiger partial charge in [-0.25, -0.2) is 0 Å². The number of nitrogens with zero attached hydrogens (tertiary/aromatic N) is 2. The summed E-state index contributed by atoms with van der Waals surface area (Å²) < 4.78 is 0. The second kappa shape index (κ2) is 22.7. The molecule has 0 aromatic heterocycles. The Morgan fingerprint density at radius 1 is 1.04 bits per heavy atom. The first-order chi connectivity index (χ1) is 9.58. The molecule has 140 valence electrons. The van der Waals surface area contributed by atoms with E-state index in [4.69, 9.17) is 11.6 Å². The van der Waals surface area contributed by atoms with E-state index in [0.29, 0.717) is 25.1 Å². The Hall–Kier alpha value is -1.57. The molecule has 1 atom stereocenters. The van der Waals surface area contributed by atoms with Crippen LogP contribution in [0.4, 0.5) is 0 Å². The monoisotopic (exact) mass is 358 g/mol. The van der Waals surface area contributed by atoms with Crippen molar-refractivity contribution in [3.63, 3.8) is 0 Å². The molecule has 0 bridgehead atoms. The molecule has 0 aliphatic rings. The predicted molar refractivity (Wildman–Crippen MR) is 93.4 cm³/mol. The molecule has 0 amide bonds. The van der Waals surface area contributed by atoms with Gasteiger partial charge in [0.05, 0.1) is 0 Å². The van der Waals surface area contributed by atoms with Crippen LogP contribution in [0.15, 0.2) is 0 Å². The van der Waals surface area contributed by atoms with Crippen LogP contribution >= 0.6 is 11.6 Å². The highest BCUT2D eigenvalue weighted by Crippen LogP contribution is 1.99. The Bertz CT molecular complexity index is 337. The molecular weight excluding hydrogens is 328 g/mol. The van der Waals surface area contributed by atoms with Gasteiger partial charge in [-0.1, -0.05) is 14.9 Å². The minimum Gasteiger partial charge on any atom is -0.300 e. The van der Waals surface area contributed by atoms with E-state index in [1.54, 1.807) is 0 Å². The van der Waals surface area contributed by atoms with Crippen LogP contribution in [-0.2, 0) is 9.59 Å². The molecule has 0 aromatic rings. The molecule has 23 heavy (non-hydrogen) atoms. The van der Waals surface area contributed by atoms with Crippen molar-refractivity contribution in [2.24, 2.45) is 0 Å². The number of halogens is 1. The van der Waals surface area contributed by atoms with E-state index in [-0.39, 0.29) is 42.8 Å². The van der Waals surface area contributed by atoms with Crippen LogP contribution in [0, 0.1) is 20.2 Å². The molecule has 0 radical (unpaired) electrons. The van der Waals surface area contributed by atoms with E-state index in [0.717, 1.165) is 0 Å². The Morgan fingerprint density at radius 2 is 1.39 bits per heavy atom. The number of ketones is 2. The van der Waals surface area contributed by atoms with Gasteiger partial charge in [-0.05, 0) is 13.8 Å². The topological polar surface area (TPSA) is 120 Å². The molecule has 0 rings (SSSR count). The molecule has 0 aromatic carbocycles. The molecule has 0 heterocycles. The fraction of sp³-hybridized carbons (Fsp3) is 0.857. The lowest BCUT2D eigenvalue weighted by molar-refractivity contribution is -0.518. The Balaban J connectivity index is -0.0000000725. The quantitative estimate of drug-likeness (QED) is 0.388. The number of carbonyl (C=O) groups is 2. The van der Waals surface area contributed by atoms with Crippen LogP contribution in [0.2, 0.25) is 0 Å². The van der Waals surface area contributed by atoms with Crippen molar-refractivity contribution in [1.82, 2.24) is 0 Å². The van der Waals surface area contributed by atoms with Crippen LogP contribution in [-0.4, -0.2) is 39.9 Å². The minimum atomic E-state index is -0.594. The number of hydrogen-bond acceptors (Lipinski definition) is 6. The normalized spacial score (nSPS) is 9.26. The Labute approximate surface area is 143 Å². The van der Waals surface area contributed by atoms with Crippen molar-refractivity contribution >= 4 is 23.2 Å². The first-order valence-electron chi connectivity index (χ1n) is 6.38. The van der Waals surface area contributed by atoms with Crippen LogP contribution < -0.4 is 0 Å². The first-order valence-corrected chi connectivity index (χ1v) is 6.91. The zero-order valence-electron chi connectivity index (χ0n) is 12.8. The van der Waals surface area contributed by atoms with Gasteiger partial charge in [-0.15, -0.1) is 11.6 Å². The van der Waals surface area contributed by atoms with Gasteiger partial charge in [-0.2, -0.15) is 0 Å². The lowest BCUT2D eigenvalue weighted by Gasteiger charge is -1.99. The van der Waals surface area contributed by atoms with Crippen molar-refractivity contribution < 1.29 is 19.4 Å². The second-order valence-electron chi connectivity index (χ2n) is 4.17. The molecule has 0 fully saturated rings. The predicted octanol–water partition coefficient (Wildman–Crippen LogP) is 3.78. The zero-order valence-corrected chi connectivity index (χ0v) is 13.6. The van der Waals surface area contributed by atoms with Crippen molar-refractivity contribution in [3.05, 3.63) is 20.2 Å². The van der Waals surface area contributed by atoms with Crippen molar-refractivity contribution in [3.8, 4) is 0 Å². The highest BCUT2D eigenvalue weighted by atomic mass is 35.5. The molecule has 0 N–H and O–H groups in total. The highest BCUT2D eigenvalue weighted by molar-refractivity contribution is 6.18. The Kier molecular flexibility index (Phi) is 32.7. The van der Waals surface area contributed by atoms with Crippen LogP contribution in [0.5, 0.6) is 0 Å². The van der Waals surface area contributed by atoms with E-state index < -0.39 is 6.04 Å². The number of nitro groups is 2. The minimum absolute atomic E-state index is 0. The van der Waals surface area contributed by atoms with Gasteiger partial charge in [-0.3, -0.25) is 25.0 Å². The Morgan fingerprint density at radius 3 is 1.52 bits per heavy atom. The zero-order chi connectivity index (χ0) is 17.4. The molecule has 8 nitrogen and oxygen atoms in total. The molecule has 0 spiro atoms. The lowest BCUT2D eigenvalue weighted by atomic mass is 10.1. The molecule has 0 aliphatic heterocycles. The summed E-state index contributed by atoms with van der Waals surface area (Å²) in [7, 11) is 0. The van der Waals surface area contributed by atoms with Gasteiger partial charge >= 0.3 is 0 Å². The maximum atomic E-state index is 10.3. The number of Topliss-reactive ketones (excluding diaryl/α,β-unsaturated/α-hetero) is 2. The SMILES string of the molecule is C.C.CC(=O)CCC(C)[N+](=O)[O-].CC(=O)CCCl.CC[N+](=O)[O-]. The van der Waals surface area contributed by atoms with Crippen LogP contribution in [0.25, 0.3) is 0 Å². The molecule has 0 saturated carbocycles. The van der Waals surface area contributed by atoms with Gasteiger partial charge in [0.2, 0.25) is 12.6 Å². The van der Waals surface area contributed by atoms with Gasteiger partial charge in [0.15, 0.2) is 0 Å². The molecule has 1 unspecified atom stereocenters. The van der Waals surface area contributed by atoms with E-state index in [1.165, 1.54) is 27.7 Å². The molecular formula is C14H31ClN2O6. The second-order valence-corrected chi connectivity index (χ2v) is 4.54. The van der Waals surface area contributed by atoms with Crippen LogP contribution in [0.3, 0.4) is 0 Å². The third kappa shape index (κ3) is 44.9. The van der Waals surface area contributed by atoms with E-state index in [9.17, 15) is 29.8 Å². The largest absolute Gasteiger partial charge is 0.300 e. The van der Waals surface area contributed by atoms with Gasteiger partial charge < -0.3 is 4.79 Å². The van der Waals surface area contributed by atoms with Gasteiger partial charge in [0.25, 0.3) is 0 Å². The van der Waals surface area contributed by atoms with E-state index in [1.807, 2.05) is 0 Å². The first kappa shape index (κ1) is 33.1. The molecule has 0 saturated heterocycles. The molecule has 9 heteroatoms. The summed E-state index contributed by atoms with van der Waals surface area (Å²) >= 11 is 5.18. The van der Waals surface area contributed by atoms with Gasteiger partial charge in [0.1, 0.15) is 11.6 Å². The summed E-state index contributed by atoms with van der Waals surface area (Å²) in [4.78, 5) is 38.7. The average Bonchev–Trinajstić information content (AvgIpc) is 2.36. The fourth-order valence-corrected chi connectivity index (χ4v) is 0.917. The number of hydrogen-bond donors (Lipinski definition) is 0.